The summed E-state index contributed by atoms with van der Waals surface area (Å²) in [6.07, 6.45) is 3.81. The maximum atomic E-state index is 12.1. The van der Waals surface area contributed by atoms with Crippen LogP contribution in [0.1, 0.15) is 33.6 Å². The summed E-state index contributed by atoms with van der Waals surface area (Å²) >= 11 is 0. The van der Waals surface area contributed by atoms with Gasteiger partial charge < -0.3 is 14.4 Å². The Balaban J connectivity index is 1.87. The number of amides is 1. The van der Waals surface area contributed by atoms with Crippen LogP contribution in [0.25, 0.3) is 0 Å². The normalized spacial score (nSPS) is 16.2. The Labute approximate surface area is 184 Å². The summed E-state index contributed by atoms with van der Waals surface area (Å²) in [5, 5.41) is 1.34. The standard InChI is InChI=1S/C21H32N4O5S/c1-21(2,3)30-20(26)24-12-10-18(11-13-24)29-15-16(23-4)14-25(22)17-6-8-19(9-7-17)31(5,27)28/h6-9,14,18H,4,10-13,15,22H2,1-3,5H3/b16-14-. The van der Waals surface area contributed by atoms with Gasteiger partial charge in [0.15, 0.2) is 9.84 Å². The SMILES string of the molecule is C=N/C(=C\N(N)c1ccc(S(C)(=O)=O)cc1)COC1CCN(C(=O)OC(C)(C)C)CC1. The van der Waals surface area contributed by atoms with E-state index < -0.39 is 15.4 Å². The smallest absolute Gasteiger partial charge is 0.410 e. The van der Waals surface area contributed by atoms with Gasteiger partial charge in [0.25, 0.3) is 0 Å². The minimum absolute atomic E-state index is 0.0101. The van der Waals surface area contributed by atoms with Gasteiger partial charge >= 0.3 is 6.09 Å². The van der Waals surface area contributed by atoms with Gasteiger partial charge in [0.05, 0.1) is 29.0 Å². The molecule has 0 bridgehead atoms. The molecule has 31 heavy (non-hydrogen) atoms. The molecule has 1 aromatic carbocycles. The monoisotopic (exact) mass is 452 g/mol. The number of likely N-dealkylation sites (tertiary alicyclic amines) is 1. The van der Waals surface area contributed by atoms with Crippen molar-refractivity contribution in [1.29, 1.82) is 0 Å². The highest BCUT2D eigenvalue weighted by molar-refractivity contribution is 7.90. The van der Waals surface area contributed by atoms with Crippen molar-refractivity contribution in [2.45, 2.75) is 50.2 Å². The number of sulfone groups is 1. The minimum atomic E-state index is -3.27. The van der Waals surface area contributed by atoms with E-state index in [1.54, 1.807) is 23.2 Å². The molecule has 0 atom stereocenters. The van der Waals surface area contributed by atoms with Gasteiger partial charge in [-0.25, -0.2) is 19.1 Å². The van der Waals surface area contributed by atoms with Crippen LogP contribution in [0.2, 0.25) is 0 Å². The number of carbonyl (C=O) groups excluding carboxylic acids is 1. The predicted molar refractivity (Wildman–Crippen MR) is 121 cm³/mol. The summed E-state index contributed by atoms with van der Waals surface area (Å²) in [4.78, 5) is 18.0. The summed E-state index contributed by atoms with van der Waals surface area (Å²) in [5.41, 5.74) is 0.613. The summed E-state index contributed by atoms with van der Waals surface area (Å²) in [6, 6.07) is 6.21. The van der Waals surface area contributed by atoms with E-state index >= 15 is 0 Å². The molecule has 0 aliphatic carbocycles. The summed E-state index contributed by atoms with van der Waals surface area (Å²) in [7, 11) is -3.27. The van der Waals surface area contributed by atoms with E-state index in [4.69, 9.17) is 15.3 Å². The van der Waals surface area contributed by atoms with Gasteiger partial charge in [-0.05, 0) is 64.6 Å². The summed E-state index contributed by atoms with van der Waals surface area (Å²) < 4.78 is 34.5. The fourth-order valence-corrected chi connectivity index (χ4v) is 3.59. The van der Waals surface area contributed by atoms with Gasteiger partial charge in [0, 0.05) is 25.5 Å². The van der Waals surface area contributed by atoms with Gasteiger partial charge in [-0.1, -0.05) is 0 Å². The second-order valence-electron chi connectivity index (χ2n) is 8.43. The first-order valence-electron chi connectivity index (χ1n) is 10.00. The van der Waals surface area contributed by atoms with Crippen LogP contribution in [0.15, 0.2) is 46.1 Å². The van der Waals surface area contributed by atoms with Crippen LogP contribution >= 0.6 is 0 Å². The van der Waals surface area contributed by atoms with Gasteiger partial charge in [0.2, 0.25) is 0 Å². The van der Waals surface area contributed by atoms with Crippen molar-refractivity contribution < 1.29 is 22.7 Å². The highest BCUT2D eigenvalue weighted by Crippen LogP contribution is 2.19. The number of carbonyl (C=O) groups is 1. The topological polar surface area (TPSA) is 115 Å². The number of hydrogen-bond acceptors (Lipinski definition) is 8. The molecule has 0 aromatic heterocycles. The third kappa shape index (κ3) is 7.97. The second-order valence-corrected chi connectivity index (χ2v) is 10.4. The van der Waals surface area contributed by atoms with E-state index in [-0.39, 0.29) is 23.7 Å². The quantitative estimate of drug-likeness (QED) is 0.384. The lowest BCUT2D eigenvalue weighted by atomic mass is 10.1. The van der Waals surface area contributed by atoms with E-state index in [1.807, 2.05) is 20.8 Å². The first-order valence-corrected chi connectivity index (χ1v) is 11.9. The van der Waals surface area contributed by atoms with Crippen molar-refractivity contribution in [2.24, 2.45) is 10.8 Å². The molecule has 0 unspecified atom stereocenters. The number of nitrogens with two attached hydrogens (primary N) is 1. The molecule has 1 fully saturated rings. The lowest BCUT2D eigenvalue weighted by Gasteiger charge is -2.33. The number of anilines is 1. The maximum absolute atomic E-state index is 12.1. The number of benzene rings is 1. The highest BCUT2D eigenvalue weighted by Gasteiger charge is 2.27. The Morgan fingerprint density at radius 2 is 1.87 bits per heavy atom. The number of aliphatic imine (C=N–C) groups is 1. The summed E-state index contributed by atoms with van der Waals surface area (Å²) in [6.45, 7) is 10.4. The molecule has 1 aliphatic rings. The van der Waals surface area contributed by atoms with E-state index in [9.17, 15) is 13.2 Å². The first-order chi connectivity index (χ1) is 14.4. The average molecular weight is 453 g/mol. The number of ether oxygens (including phenoxy) is 2. The van der Waals surface area contributed by atoms with E-state index in [2.05, 4.69) is 11.7 Å². The maximum Gasteiger partial charge on any atom is 0.410 e. The van der Waals surface area contributed by atoms with Gasteiger partial charge in [-0.15, -0.1) is 0 Å². The highest BCUT2D eigenvalue weighted by atomic mass is 32.2. The van der Waals surface area contributed by atoms with E-state index in [0.717, 1.165) is 6.26 Å². The molecular formula is C21H32N4O5S. The molecule has 1 saturated heterocycles. The number of nitrogens with zero attached hydrogens (tertiary/aromatic N) is 3. The van der Waals surface area contributed by atoms with E-state index in [1.165, 1.54) is 17.1 Å². The zero-order valence-electron chi connectivity index (χ0n) is 18.6. The Kier molecular flexibility index (Phi) is 8.21. The Bertz CT molecular complexity index is 899. The zero-order valence-corrected chi connectivity index (χ0v) is 19.4. The van der Waals surface area contributed by atoms with Crippen molar-refractivity contribution in [3.63, 3.8) is 0 Å². The number of hydrazine groups is 1. The molecule has 1 heterocycles. The number of hydrogen-bond donors (Lipinski definition) is 1. The van der Waals surface area contributed by atoms with Crippen molar-refractivity contribution in [2.75, 3.05) is 31.0 Å². The molecule has 2 N–H and O–H groups in total. The molecule has 0 spiro atoms. The van der Waals surface area contributed by atoms with Gasteiger partial charge in [0.1, 0.15) is 5.60 Å². The van der Waals surface area contributed by atoms with Crippen molar-refractivity contribution >= 4 is 28.3 Å². The van der Waals surface area contributed by atoms with Gasteiger partial charge in [-0.2, -0.15) is 0 Å². The molecular weight excluding hydrogens is 420 g/mol. The number of piperidine rings is 1. The Morgan fingerprint density at radius 1 is 1.29 bits per heavy atom. The average Bonchev–Trinajstić information content (AvgIpc) is 2.69. The molecule has 1 amide bonds. The van der Waals surface area contributed by atoms with Crippen molar-refractivity contribution in [3.05, 3.63) is 36.2 Å². The largest absolute Gasteiger partial charge is 0.444 e. The minimum Gasteiger partial charge on any atom is -0.444 e. The van der Waals surface area contributed by atoms with Crippen LogP contribution in [-0.4, -0.2) is 63.8 Å². The molecule has 1 aromatic rings. The Hall–Kier alpha value is -2.43. The van der Waals surface area contributed by atoms with Crippen LogP contribution in [-0.2, 0) is 19.3 Å². The Morgan fingerprint density at radius 3 is 2.35 bits per heavy atom. The lowest BCUT2D eigenvalue weighted by molar-refractivity contribution is -0.00613. The van der Waals surface area contributed by atoms with Crippen molar-refractivity contribution in [1.82, 2.24) is 4.90 Å². The first kappa shape index (κ1) is 24.8. The van der Waals surface area contributed by atoms with Crippen LogP contribution < -0.4 is 10.9 Å². The van der Waals surface area contributed by atoms with Crippen LogP contribution in [0.4, 0.5) is 10.5 Å². The second kappa shape index (κ2) is 10.3. The van der Waals surface area contributed by atoms with Crippen LogP contribution in [0, 0.1) is 0 Å². The van der Waals surface area contributed by atoms with E-state index in [0.29, 0.717) is 37.3 Å². The number of rotatable bonds is 7. The van der Waals surface area contributed by atoms with Crippen molar-refractivity contribution in [3.8, 4) is 0 Å². The molecule has 172 valence electrons. The molecule has 0 saturated carbocycles. The van der Waals surface area contributed by atoms with Crippen LogP contribution in [0.3, 0.4) is 0 Å². The molecule has 1 aliphatic heterocycles. The summed E-state index contributed by atoms with van der Waals surface area (Å²) in [5.74, 6) is 6.05. The molecule has 10 heteroatoms. The van der Waals surface area contributed by atoms with Crippen LogP contribution in [0.5, 0.6) is 0 Å². The third-order valence-electron chi connectivity index (χ3n) is 4.61. The molecule has 0 radical (unpaired) electrons. The van der Waals surface area contributed by atoms with Gasteiger partial charge in [-0.3, -0.25) is 10.0 Å². The zero-order chi connectivity index (χ0) is 23.2. The molecule has 9 nitrogen and oxygen atoms in total. The predicted octanol–water partition coefficient (Wildman–Crippen LogP) is 2.73. The fraction of sp³-hybridized carbons (Fsp3) is 0.524. The lowest BCUT2D eigenvalue weighted by Crippen LogP contribution is -2.43. The molecule has 2 rings (SSSR count). The fourth-order valence-electron chi connectivity index (χ4n) is 2.96. The third-order valence-corrected chi connectivity index (χ3v) is 5.74.